The highest BCUT2D eigenvalue weighted by Gasteiger charge is 2.22. The first-order valence-corrected chi connectivity index (χ1v) is 5.69. The highest BCUT2D eigenvalue weighted by molar-refractivity contribution is 5.74. The lowest BCUT2D eigenvalue weighted by atomic mass is 10.3. The first-order valence-electron chi connectivity index (χ1n) is 5.69. The van der Waals surface area contributed by atoms with Gasteiger partial charge in [-0.3, -0.25) is 0 Å². The van der Waals surface area contributed by atoms with Gasteiger partial charge < -0.3 is 15.1 Å². The molecule has 0 unspecified atom stereocenters. The van der Waals surface area contributed by atoms with Gasteiger partial charge in [-0.25, -0.2) is 14.8 Å². The average molecular weight is 246 g/mol. The van der Waals surface area contributed by atoms with E-state index in [1.54, 1.807) is 18.1 Å². The number of hydrogen-bond acceptors (Lipinski definition) is 5. The van der Waals surface area contributed by atoms with Crippen LogP contribution in [0.4, 0.5) is 10.6 Å². The quantitative estimate of drug-likeness (QED) is 0.742. The van der Waals surface area contributed by atoms with Crippen molar-refractivity contribution in [2.75, 3.05) is 38.1 Å². The summed E-state index contributed by atoms with van der Waals surface area (Å²) in [5.41, 5.74) is 0.325. The molecule has 0 radical (unpaired) electrons. The van der Waals surface area contributed by atoms with Crippen LogP contribution in [0.1, 0.15) is 5.69 Å². The van der Waals surface area contributed by atoms with Crippen molar-refractivity contribution in [3.63, 3.8) is 0 Å². The maximum Gasteiger partial charge on any atom is 0.317 e. The SMILES string of the molecule is CNC(=O)N1CCN(c2nccnc2C#N)CC1. The van der Waals surface area contributed by atoms with E-state index in [2.05, 4.69) is 15.3 Å². The summed E-state index contributed by atoms with van der Waals surface area (Å²) in [5.74, 6) is 0.594. The number of piperazine rings is 1. The van der Waals surface area contributed by atoms with Crippen molar-refractivity contribution in [3.8, 4) is 6.07 Å². The lowest BCUT2D eigenvalue weighted by Gasteiger charge is -2.35. The molecule has 0 saturated carbocycles. The lowest BCUT2D eigenvalue weighted by Crippen LogP contribution is -2.51. The second kappa shape index (κ2) is 5.31. The Morgan fingerprint density at radius 2 is 2.00 bits per heavy atom. The minimum atomic E-state index is -0.0747. The van der Waals surface area contributed by atoms with Crippen LogP contribution in [-0.2, 0) is 0 Å². The summed E-state index contributed by atoms with van der Waals surface area (Å²) < 4.78 is 0. The maximum absolute atomic E-state index is 11.4. The van der Waals surface area contributed by atoms with Crippen LogP contribution in [0, 0.1) is 11.3 Å². The van der Waals surface area contributed by atoms with Crippen molar-refractivity contribution in [3.05, 3.63) is 18.1 Å². The predicted octanol–water partition coefficient (Wildman–Crippen LogP) is -0.190. The second-order valence-electron chi connectivity index (χ2n) is 3.87. The van der Waals surface area contributed by atoms with Crippen LogP contribution >= 0.6 is 0 Å². The summed E-state index contributed by atoms with van der Waals surface area (Å²) in [6.07, 6.45) is 3.07. The van der Waals surface area contributed by atoms with Crippen molar-refractivity contribution in [1.29, 1.82) is 5.26 Å². The van der Waals surface area contributed by atoms with E-state index < -0.39 is 0 Å². The van der Waals surface area contributed by atoms with Gasteiger partial charge in [-0.15, -0.1) is 0 Å². The largest absolute Gasteiger partial charge is 0.351 e. The van der Waals surface area contributed by atoms with Gasteiger partial charge in [-0.05, 0) is 0 Å². The molecule has 1 aromatic rings. The Hall–Kier alpha value is -2.36. The number of carbonyl (C=O) groups excluding carboxylic acids is 1. The van der Waals surface area contributed by atoms with Crippen LogP contribution in [0.25, 0.3) is 0 Å². The highest BCUT2D eigenvalue weighted by Crippen LogP contribution is 2.16. The van der Waals surface area contributed by atoms with Crippen LogP contribution in [-0.4, -0.2) is 54.1 Å². The van der Waals surface area contributed by atoms with E-state index in [-0.39, 0.29) is 6.03 Å². The number of nitriles is 1. The van der Waals surface area contributed by atoms with Crippen LogP contribution < -0.4 is 10.2 Å². The van der Waals surface area contributed by atoms with Gasteiger partial charge in [0.2, 0.25) is 0 Å². The van der Waals surface area contributed by atoms with Gasteiger partial charge in [-0.1, -0.05) is 0 Å². The topological polar surface area (TPSA) is 85.2 Å². The standard InChI is InChI=1S/C11H14N6O/c1-13-11(18)17-6-4-16(5-7-17)10-9(8-12)14-2-3-15-10/h2-3H,4-7H2,1H3,(H,13,18). The second-order valence-corrected chi connectivity index (χ2v) is 3.87. The van der Waals surface area contributed by atoms with Crippen LogP contribution in [0.5, 0.6) is 0 Å². The van der Waals surface area contributed by atoms with Gasteiger partial charge in [0.05, 0.1) is 0 Å². The number of nitrogens with one attached hydrogen (secondary N) is 1. The molecule has 1 aromatic heterocycles. The number of hydrogen-bond donors (Lipinski definition) is 1. The predicted molar refractivity (Wildman–Crippen MR) is 65.0 cm³/mol. The molecule has 2 amide bonds. The van der Waals surface area contributed by atoms with Crippen molar-refractivity contribution in [1.82, 2.24) is 20.2 Å². The summed E-state index contributed by atoms with van der Waals surface area (Å²) >= 11 is 0. The van der Waals surface area contributed by atoms with E-state index in [1.807, 2.05) is 11.0 Å². The molecule has 2 rings (SSSR count). The third-order valence-electron chi connectivity index (χ3n) is 2.87. The van der Waals surface area contributed by atoms with Gasteiger partial charge in [-0.2, -0.15) is 5.26 Å². The maximum atomic E-state index is 11.4. The lowest BCUT2D eigenvalue weighted by molar-refractivity contribution is 0.196. The summed E-state index contributed by atoms with van der Waals surface area (Å²) in [4.78, 5) is 23.3. The first-order chi connectivity index (χ1) is 8.76. The number of amides is 2. The molecule has 18 heavy (non-hydrogen) atoms. The summed E-state index contributed by atoms with van der Waals surface area (Å²) in [5, 5.41) is 11.6. The fourth-order valence-corrected chi connectivity index (χ4v) is 1.92. The van der Waals surface area contributed by atoms with Crippen LogP contribution in [0.3, 0.4) is 0 Å². The Labute approximate surface area is 105 Å². The Kier molecular flexibility index (Phi) is 3.57. The molecular weight excluding hydrogens is 232 g/mol. The Bertz CT molecular complexity index is 475. The van der Waals surface area contributed by atoms with Crippen molar-refractivity contribution in [2.45, 2.75) is 0 Å². The number of aromatic nitrogens is 2. The molecule has 1 aliphatic rings. The zero-order chi connectivity index (χ0) is 13.0. The smallest absolute Gasteiger partial charge is 0.317 e. The normalized spacial score (nSPS) is 15.1. The summed E-state index contributed by atoms with van der Waals surface area (Å²) in [7, 11) is 1.62. The van der Waals surface area contributed by atoms with Gasteiger partial charge in [0, 0.05) is 45.6 Å². The van der Waals surface area contributed by atoms with Crippen LogP contribution in [0.2, 0.25) is 0 Å². The molecule has 0 spiro atoms. The monoisotopic (exact) mass is 246 g/mol. The van der Waals surface area contributed by atoms with E-state index >= 15 is 0 Å². The van der Waals surface area contributed by atoms with Gasteiger partial charge in [0.1, 0.15) is 6.07 Å². The Balaban J connectivity index is 2.06. The molecule has 0 aliphatic carbocycles. The Morgan fingerprint density at radius 1 is 1.33 bits per heavy atom. The van der Waals surface area contributed by atoms with E-state index in [4.69, 9.17) is 5.26 Å². The van der Waals surface area contributed by atoms with E-state index in [0.29, 0.717) is 37.7 Å². The van der Waals surface area contributed by atoms with Crippen molar-refractivity contribution < 1.29 is 4.79 Å². The van der Waals surface area contributed by atoms with Gasteiger partial charge in [0.25, 0.3) is 0 Å². The molecule has 1 aliphatic heterocycles. The van der Waals surface area contributed by atoms with E-state index in [1.165, 1.54) is 6.20 Å². The molecule has 94 valence electrons. The molecule has 1 saturated heterocycles. The number of anilines is 1. The minimum Gasteiger partial charge on any atom is -0.351 e. The van der Waals surface area contributed by atoms with Crippen molar-refractivity contribution >= 4 is 11.8 Å². The third kappa shape index (κ3) is 2.32. The average Bonchev–Trinajstić information content (AvgIpc) is 2.46. The zero-order valence-corrected chi connectivity index (χ0v) is 10.1. The van der Waals surface area contributed by atoms with E-state index in [9.17, 15) is 4.79 Å². The van der Waals surface area contributed by atoms with Gasteiger partial charge in [0.15, 0.2) is 11.5 Å². The number of nitrogens with zero attached hydrogens (tertiary/aromatic N) is 5. The fourth-order valence-electron chi connectivity index (χ4n) is 1.92. The molecule has 7 heteroatoms. The summed E-state index contributed by atoms with van der Waals surface area (Å²) in [6, 6.07) is 1.96. The fraction of sp³-hybridized carbons (Fsp3) is 0.455. The van der Waals surface area contributed by atoms with Gasteiger partial charge >= 0.3 is 6.03 Å². The third-order valence-corrected chi connectivity index (χ3v) is 2.87. The molecule has 0 aromatic carbocycles. The molecule has 1 fully saturated rings. The number of urea groups is 1. The first kappa shape index (κ1) is 12.1. The molecule has 1 N–H and O–H groups in total. The molecule has 2 heterocycles. The molecule has 7 nitrogen and oxygen atoms in total. The van der Waals surface area contributed by atoms with Crippen molar-refractivity contribution in [2.24, 2.45) is 0 Å². The number of carbonyl (C=O) groups is 1. The highest BCUT2D eigenvalue weighted by atomic mass is 16.2. The Morgan fingerprint density at radius 3 is 2.61 bits per heavy atom. The summed E-state index contributed by atoms with van der Waals surface area (Å²) in [6.45, 7) is 2.53. The minimum absolute atomic E-state index is 0.0747. The molecular formula is C11H14N6O. The number of rotatable bonds is 1. The van der Waals surface area contributed by atoms with E-state index in [0.717, 1.165) is 0 Å². The van der Waals surface area contributed by atoms with Crippen LogP contribution in [0.15, 0.2) is 12.4 Å². The molecule has 0 atom stereocenters. The molecule has 0 bridgehead atoms. The zero-order valence-electron chi connectivity index (χ0n) is 10.1.